The van der Waals surface area contributed by atoms with Crippen LogP contribution < -0.4 is 0 Å². The highest BCUT2D eigenvalue weighted by Gasteiger charge is 2.46. The van der Waals surface area contributed by atoms with E-state index < -0.39 is 11.6 Å². The van der Waals surface area contributed by atoms with Crippen LogP contribution in [0.5, 0.6) is 0 Å². The molecule has 0 radical (unpaired) electrons. The monoisotopic (exact) mass is 242 g/mol. The average Bonchev–Trinajstić information content (AvgIpc) is 2.14. The van der Waals surface area contributed by atoms with Crippen LogP contribution in [0.25, 0.3) is 0 Å². The predicted molar refractivity (Wildman–Crippen MR) is 67.5 cm³/mol. The van der Waals surface area contributed by atoms with Crippen molar-refractivity contribution < 1.29 is 14.6 Å². The second-order valence-corrected chi connectivity index (χ2v) is 6.48. The summed E-state index contributed by atoms with van der Waals surface area (Å²) in [4.78, 5) is 11.8. The van der Waals surface area contributed by atoms with Gasteiger partial charge in [-0.05, 0) is 50.4 Å². The zero-order chi connectivity index (χ0) is 13.3. The zero-order valence-corrected chi connectivity index (χ0v) is 11.7. The van der Waals surface area contributed by atoms with Crippen molar-refractivity contribution in [3.8, 4) is 0 Å². The van der Waals surface area contributed by atoms with Gasteiger partial charge in [0.2, 0.25) is 0 Å². The SMILES string of the molecule is CCOC(=O)C(C)(O)C1CC(C)CC(C)(C)C1. The van der Waals surface area contributed by atoms with Gasteiger partial charge >= 0.3 is 5.97 Å². The van der Waals surface area contributed by atoms with Crippen molar-refractivity contribution in [1.82, 2.24) is 0 Å². The Morgan fingerprint density at radius 1 is 1.47 bits per heavy atom. The summed E-state index contributed by atoms with van der Waals surface area (Å²) in [5.41, 5.74) is -1.15. The van der Waals surface area contributed by atoms with Crippen LogP contribution in [0.3, 0.4) is 0 Å². The van der Waals surface area contributed by atoms with Crippen molar-refractivity contribution in [3.63, 3.8) is 0 Å². The van der Waals surface area contributed by atoms with E-state index >= 15 is 0 Å². The van der Waals surface area contributed by atoms with E-state index in [1.54, 1.807) is 13.8 Å². The quantitative estimate of drug-likeness (QED) is 0.774. The molecule has 1 fully saturated rings. The van der Waals surface area contributed by atoms with E-state index in [0.29, 0.717) is 12.5 Å². The Bertz CT molecular complexity index is 281. The molecule has 3 nitrogen and oxygen atoms in total. The third kappa shape index (κ3) is 3.44. The topological polar surface area (TPSA) is 46.5 Å². The molecular formula is C14H26O3. The molecule has 0 amide bonds. The van der Waals surface area contributed by atoms with Gasteiger partial charge in [-0.3, -0.25) is 0 Å². The Morgan fingerprint density at radius 3 is 2.53 bits per heavy atom. The molecule has 0 aromatic heterocycles. The van der Waals surface area contributed by atoms with Crippen LogP contribution in [0.2, 0.25) is 0 Å². The van der Waals surface area contributed by atoms with Crippen LogP contribution in [0.4, 0.5) is 0 Å². The van der Waals surface area contributed by atoms with Crippen molar-refractivity contribution >= 4 is 5.97 Å². The first-order valence-corrected chi connectivity index (χ1v) is 6.58. The lowest BCUT2D eigenvalue weighted by atomic mass is 9.64. The lowest BCUT2D eigenvalue weighted by molar-refractivity contribution is -0.172. The Morgan fingerprint density at radius 2 is 2.06 bits per heavy atom. The molecule has 0 spiro atoms. The summed E-state index contributed by atoms with van der Waals surface area (Å²) >= 11 is 0. The molecule has 1 aliphatic rings. The minimum atomic E-state index is -1.35. The molecular weight excluding hydrogens is 216 g/mol. The maximum Gasteiger partial charge on any atom is 0.338 e. The minimum Gasteiger partial charge on any atom is -0.464 e. The fraction of sp³-hybridized carbons (Fsp3) is 0.929. The van der Waals surface area contributed by atoms with Gasteiger partial charge in [-0.2, -0.15) is 0 Å². The lowest BCUT2D eigenvalue weighted by Crippen LogP contribution is -2.48. The summed E-state index contributed by atoms with van der Waals surface area (Å²) in [6.45, 7) is 10.3. The highest BCUT2D eigenvalue weighted by Crippen LogP contribution is 2.45. The molecule has 1 saturated carbocycles. The number of esters is 1. The van der Waals surface area contributed by atoms with E-state index in [1.165, 1.54) is 0 Å². The summed E-state index contributed by atoms with van der Waals surface area (Å²) in [6.07, 6.45) is 2.93. The standard InChI is InChI=1S/C14H26O3/c1-6-17-12(15)14(5,16)11-7-10(2)8-13(3,4)9-11/h10-11,16H,6-9H2,1-5H3. The fourth-order valence-corrected chi connectivity index (χ4v) is 3.22. The zero-order valence-electron chi connectivity index (χ0n) is 11.7. The molecule has 1 rings (SSSR count). The Kier molecular flexibility index (Phi) is 4.23. The summed E-state index contributed by atoms with van der Waals surface area (Å²) in [6, 6.07) is 0. The Labute approximate surface area is 105 Å². The van der Waals surface area contributed by atoms with Gasteiger partial charge in [-0.25, -0.2) is 4.79 Å². The molecule has 0 saturated heterocycles. The van der Waals surface area contributed by atoms with Crippen molar-refractivity contribution in [2.24, 2.45) is 17.3 Å². The molecule has 0 bridgehead atoms. The van der Waals surface area contributed by atoms with Crippen molar-refractivity contribution in [1.29, 1.82) is 0 Å². The van der Waals surface area contributed by atoms with Gasteiger partial charge in [0, 0.05) is 0 Å². The molecule has 0 heterocycles. The molecule has 3 heteroatoms. The van der Waals surface area contributed by atoms with Crippen LogP contribution >= 0.6 is 0 Å². The van der Waals surface area contributed by atoms with E-state index in [2.05, 4.69) is 20.8 Å². The van der Waals surface area contributed by atoms with E-state index in [1.807, 2.05) is 0 Å². The van der Waals surface area contributed by atoms with Gasteiger partial charge in [0.05, 0.1) is 6.61 Å². The molecule has 3 atom stereocenters. The van der Waals surface area contributed by atoms with Crippen LogP contribution in [-0.4, -0.2) is 23.3 Å². The highest BCUT2D eigenvalue weighted by atomic mass is 16.5. The number of ether oxygens (including phenoxy) is 1. The maximum atomic E-state index is 11.8. The molecule has 0 aromatic carbocycles. The first-order valence-electron chi connectivity index (χ1n) is 6.58. The van der Waals surface area contributed by atoms with Crippen LogP contribution in [-0.2, 0) is 9.53 Å². The fourth-order valence-electron chi connectivity index (χ4n) is 3.22. The number of hydrogen-bond donors (Lipinski definition) is 1. The second kappa shape index (κ2) is 4.97. The van der Waals surface area contributed by atoms with Gasteiger partial charge < -0.3 is 9.84 Å². The van der Waals surface area contributed by atoms with Crippen LogP contribution in [0.1, 0.15) is 53.9 Å². The van der Waals surface area contributed by atoms with Gasteiger partial charge in [0.1, 0.15) is 0 Å². The van der Waals surface area contributed by atoms with E-state index in [-0.39, 0.29) is 11.3 Å². The number of rotatable bonds is 3. The molecule has 17 heavy (non-hydrogen) atoms. The molecule has 1 aliphatic carbocycles. The average molecular weight is 242 g/mol. The molecule has 100 valence electrons. The summed E-state index contributed by atoms with van der Waals surface area (Å²) in [5, 5.41) is 10.4. The van der Waals surface area contributed by atoms with E-state index in [4.69, 9.17) is 4.74 Å². The van der Waals surface area contributed by atoms with Crippen molar-refractivity contribution in [2.45, 2.75) is 59.5 Å². The van der Waals surface area contributed by atoms with Gasteiger partial charge in [-0.1, -0.05) is 20.8 Å². The normalized spacial score (nSPS) is 31.6. The number of hydrogen-bond acceptors (Lipinski definition) is 3. The number of carbonyl (C=O) groups excluding carboxylic acids is 1. The third-order valence-corrected chi connectivity index (χ3v) is 3.87. The Hall–Kier alpha value is -0.570. The van der Waals surface area contributed by atoms with Gasteiger partial charge in [0.15, 0.2) is 5.60 Å². The van der Waals surface area contributed by atoms with Gasteiger partial charge in [-0.15, -0.1) is 0 Å². The largest absolute Gasteiger partial charge is 0.464 e. The van der Waals surface area contributed by atoms with Crippen LogP contribution in [0, 0.1) is 17.3 Å². The number of carbonyl (C=O) groups is 1. The van der Waals surface area contributed by atoms with E-state index in [0.717, 1.165) is 19.3 Å². The van der Waals surface area contributed by atoms with Crippen molar-refractivity contribution in [3.05, 3.63) is 0 Å². The molecule has 0 aromatic rings. The number of aliphatic hydroxyl groups is 1. The maximum absolute atomic E-state index is 11.8. The second-order valence-electron chi connectivity index (χ2n) is 6.48. The van der Waals surface area contributed by atoms with Crippen LogP contribution in [0.15, 0.2) is 0 Å². The minimum absolute atomic E-state index is 0.000278. The highest BCUT2D eigenvalue weighted by molar-refractivity contribution is 5.79. The Balaban J connectivity index is 2.80. The van der Waals surface area contributed by atoms with Crippen molar-refractivity contribution in [2.75, 3.05) is 6.61 Å². The molecule has 1 N–H and O–H groups in total. The first kappa shape index (κ1) is 14.5. The first-order chi connectivity index (χ1) is 7.69. The summed E-state index contributed by atoms with van der Waals surface area (Å²) in [5.74, 6) is 0.0693. The summed E-state index contributed by atoms with van der Waals surface area (Å²) in [7, 11) is 0. The predicted octanol–water partition coefficient (Wildman–Crippen LogP) is 2.76. The third-order valence-electron chi connectivity index (χ3n) is 3.87. The molecule has 3 unspecified atom stereocenters. The molecule has 0 aliphatic heterocycles. The van der Waals surface area contributed by atoms with E-state index in [9.17, 15) is 9.90 Å². The smallest absolute Gasteiger partial charge is 0.338 e. The summed E-state index contributed by atoms with van der Waals surface area (Å²) < 4.78 is 4.97. The lowest BCUT2D eigenvalue weighted by Gasteiger charge is -2.43. The van der Waals surface area contributed by atoms with Gasteiger partial charge in [0.25, 0.3) is 0 Å².